The van der Waals surface area contributed by atoms with Gasteiger partial charge in [-0.15, -0.1) is 0 Å². The third-order valence-corrected chi connectivity index (χ3v) is 12.5. The molecule has 5 aliphatic rings. The molecule has 0 unspecified atom stereocenters. The number of hydrogen-bond donors (Lipinski definition) is 3. The number of nitrogens with one attached hydrogen (secondary N) is 3. The molecule has 3 heterocycles. The van der Waals surface area contributed by atoms with E-state index in [4.69, 9.17) is 14.0 Å². The predicted octanol–water partition coefficient (Wildman–Crippen LogP) is 3.97. The molecule has 4 amide bonds. The van der Waals surface area contributed by atoms with Gasteiger partial charge in [0.05, 0.1) is 36.6 Å². The van der Waals surface area contributed by atoms with E-state index < -0.39 is 85.3 Å². The van der Waals surface area contributed by atoms with Gasteiger partial charge in [-0.3, -0.25) is 24.2 Å². The second-order valence-electron chi connectivity index (χ2n) is 17.3. The first-order valence-corrected chi connectivity index (χ1v) is 19.7. The zero-order valence-corrected chi connectivity index (χ0v) is 33.2. The summed E-state index contributed by atoms with van der Waals surface area (Å²) in [6.45, 7) is 13.7. The number of carbonyl (C=O) groups is 4. The maximum Gasteiger partial charge on any atom is 0.481 e. The van der Waals surface area contributed by atoms with Crippen LogP contribution in [-0.2, 0) is 35.0 Å². The maximum atomic E-state index is 14.5. The molecule has 16 heteroatoms. The fraction of sp³-hybridized carbons (Fsp3) is 0.650. The first-order valence-electron chi connectivity index (χ1n) is 19.7. The van der Waals surface area contributed by atoms with Crippen molar-refractivity contribution in [2.45, 2.75) is 129 Å². The molecular formula is C40H55BF2N6O7. The van der Waals surface area contributed by atoms with Crippen molar-refractivity contribution in [1.29, 1.82) is 0 Å². The number of rotatable bonds is 15. The summed E-state index contributed by atoms with van der Waals surface area (Å²) in [5.74, 6) is -3.72. The minimum atomic E-state index is -2.76. The molecule has 3 aliphatic carbocycles. The van der Waals surface area contributed by atoms with Gasteiger partial charge in [0, 0.05) is 31.8 Å². The average molecular weight is 781 g/mol. The molecule has 1 aromatic carbocycles. The quantitative estimate of drug-likeness (QED) is 0.228. The van der Waals surface area contributed by atoms with Crippen molar-refractivity contribution in [1.82, 2.24) is 30.8 Å². The molecule has 304 valence electrons. The predicted molar refractivity (Wildman–Crippen MR) is 203 cm³/mol. The molecule has 56 heavy (non-hydrogen) atoms. The Balaban J connectivity index is 1.20. The zero-order chi connectivity index (χ0) is 40.5. The number of likely N-dealkylation sites (tertiary alicyclic amines) is 1. The number of ether oxygens (including phenoxy) is 1. The SMILES string of the molecule is CC(C)[C@H](NC(=O)c1cnccn1)C(=O)N[C@H](C(=O)N1C[C@H](OCc2ccccc2)C[C@H]1C(=O)N[C@@H](CC(F)F)B1O[C@@H]2C[C@@H]3C[C@@H](C3(C)C)[C@]2(C)O1)C(C)C. The molecule has 5 fully saturated rings. The number of hydrogen-bond acceptors (Lipinski definition) is 9. The Labute approximate surface area is 327 Å². The third kappa shape index (κ3) is 8.62. The summed E-state index contributed by atoms with van der Waals surface area (Å²) in [4.78, 5) is 64.8. The van der Waals surface area contributed by atoms with Gasteiger partial charge in [-0.1, -0.05) is 71.9 Å². The van der Waals surface area contributed by atoms with Crippen LogP contribution in [0.2, 0.25) is 0 Å². The van der Waals surface area contributed by atoms with E-state index in [0.717, 1.165) is 18.4 Å². The topological polar surface area (TPSA) is 161 Å². The lowest BCUT2D eigenvalue weighted by Gasteiger charge is -2.64. The number of nitrogens with zero attached hydrogens (tertiary/aromatic N) is 3. The summed E-state index contributed by atoms with van der Waals surface area (Å²) in [5, 5.41) is 8.33. The van der Waals surface area contributed by atoms with Crippen LogP contribution in [0.25, 0.3) is 0 Å². The monoisotopic (exact) mass is 780 g/mol. The van der Waals surface area contributed by atoms with E-state index in [-0.39, 0.29) is 48.6 Å². The Hall–Kier alpha value is -4.02. The highest BCUT2D eigenvalue weighted by molar-refractivity contribution is 6.48. The van der Waals surface area contributed by atoms with Crippen molar-refractivity contribution in [3.63, 3.8) is 0 Å². The van der Waals surface area contributed by atoms with E-state index in [2.05, 4.69) is 39.8 Å². The molecule has 2 aromatic rings. The van der Waals surface area contributed by atoms with Gasteiger partial charge in [0.2, 0.25) is 24.1 Å². The Morgan fingerprint density at radius 2 is 1.68 bits per heavy atom. The number of halogens is 2. The van der Waals surface area contributed by atoms with Gasteiger partial charge in [0.1, 0.15) is 23.8 Å². The van der Waals surface area contributed by atoms with Gasteiger partial charge in [-0.05, 0) is 54.4 Å². The Bertz CT molecular complexity index is 1720. The fourth-order valence-electron chi connectivity index (χ4n) is 9.08. The van der Waals surface area contributed by atoms with Crippen molar-refractivity contribution in [2.24, 2.45) is 29.1 Å². The fourth-order valence-corrected chi connectivity index (χ4v) is 9.08. The summed E-state index contributed by atoms with van der Waals surface area (Å²) in [5.41, 5.74) is 0.286. The summed E-state index contributed by atoms with van der Waals surface area (Å²) in [6, 6.07) is 6.22. The van der Waals surface area contributed by atoms with Gasteiger partial charge >= 0.3 is 7.12 Å². The molecule has 0 radical (unpaired) electrons. The van der Waals surface area contributed by atoms with Gasteiger partial charge in [0.25, 0.3) is 5.91 Å². The molecule has 7 rings (SSSR count). The Morgan fingerprint density at radius 3 is 2.30 bits per heavy atom. The lowest BCUT2D eigenvalue weighted by atomic mass is 9.43. The van der Waals surface area contributed by atoms with E-state index in [0.29, 0.717) is 5.92 Å². The number of carbonyl (C=O) groups excluding carboxylic acids is 4. The van der Waals surface area contributed by atoms with Crippen molar-refractivity contribution in [3.8, 4) is 0 Å². The minimum Gasteiger partial charge on any atom is -0.404 e. The van der Waals surface area contributed by atoms with Crippen LogP contribution in [0.1, 0.15) is 90.2 Å². The third-order valence-electron chi connectivity index (χ3n) is 12.5. The average Bonchev–Trinajstić information content (AvgIpc) is 3.76. The molecule has 3 saturated carbocycles. The van der Waals surface area contributed by atoms with Crippen LogP contribution in [0.15, 0.2) is 48.9 Å². The highest BCUT2D eigenvalue weighted by atomic mass is 19.3. The lowest BCUT2D eigenvalue weighted by Crippen LogP contribution is -2.65. The standard InChI is InChI=1S/C40H55BF2N6O7/c1-22(2)33(47-35(50)27-19-44-13-14-45-27)37(52)48-34(23(3)4)38(53)49-20-26(54-21-24-11-9-8-10-12-24)17-28(49)36(51)46-31(18-32(42)43)41-55-30-16-25-15-29(39(25,5)6)40(30,7)56-41/h8-14,19,22-23,25-26,28-34H,15-18,20-21H2,1-7H3,(H,46,51)(H,47,50)(H,48,52)/t25-,26+,28-,29-,30+,31-,33-,34-,40-/m0/s1. The van der Waals surface area contributed by atoms with E-state index in [9.17, 15) is 28.0 Å². The number of alkyl halides is 2. The van der Waals surface area contributed by atoms with Crippen LogP contribution in [0.4, 0.5) is 8.78 Å². The van der Waals surface area contributed by atoms with Gasteiger partial charge in [-0.2, -0.15) is 0 Å². The zero-order valence-electron chi connectivity index (χ0n) is 33.2. The van der Waals surface area contributed by atoms with Crippen molar-refractivity contribution < 1.29 is 42.0 Å². The second kappa shape index (κ2) is 16.8. The van der Waals surface area contributed by atoms with Crippen molar-refractivity contribution in [3.05, 3.63) is 60.2 Å². The van der Waals surface area contributed by atoms with Crippen LogP contribution < -0.4 is 16.0 Å². The van der Waals surface area contributed by atoms with Crippen LogP contribution in [0.5, 0.6) is 0 Å². The van der Waals surface area contributed by atoms with Crippen molar-refractivity contribution in [2.75, 3.05) is 6.54 Å². The molecule has 3 N–H and O–H groups in total. The number of aromatic nitrogens is 2. The first-order chi connectivity index (χ1) is 26.5. The van der Waals surface area contributed by atoms with Crippen LogP contribution in [0, 0.1) is 29.1 Å². The smallest absolute Gasteiger partial charge is 0.404 e. The summed E-state index contributed by atoms with van der Waals surface area (Å²) in [7, 11) is -1.10. The Morgan fingerprint density at radius 1 is 0.964 bits per heavy atom. The van der Waals surface area contributed by atoms with Gasteiger partial charge in [-0.25, -0.2) is 13.8 Å². The van der Waals surface area contributed by atoms with E-state index >= 15 is 0 Å². The van der Waals surface area contributed by atoms with E-state index in [1.165, 1.54) is 23.5 Å². The number of amides is 4. The summed E-state index contributed by atoms with van der Waals surface area (Å²) in [6.07, 6.45) is 1.58. The number of benzene rings is 1. The first kappa shape index (κ1) is 41.6. The van der Waals surface area contributed by atoms with Crippen LogP contribution in [-0.4, -0.2) is 100 Å². The normalized spacial score (nSPS) is 28.0. The molecule has 13 nitrogen and oxygen atoms in total. The van der Waals surface area contributed by atoms with E-state index in [1.807, 2.05) is 37.3 Å². The lowest BCUT2D eigenvalue weighted by molar-refractivity contribution is -0.199. The molecule has 9 atom stereocenters. The molecule has 1 aromatic heterocycles. The molecule has 0 spiro atoms. The summed E-state index contributed by atoms with van der Waals surface area (Å²) < 4.78 is 47.4. The van der Waals surface area contributed by atoms with Crippen LogP contribution >= 0.6 is 0 Å². The molecule has 2 bridgehead atoms. The van der Waals surface area contributed by atoms with Gasteiger partial charge in [0.15, 0.2) is 0 Å². The maximum absolute atomic E-state index is 14.5. The molecular weight excluding hydrogens is 725 g/mol. The highest BCUT2D eigenvalue weighted by Gasteiger charge is 2.68. The molecule has 2 aliphatic heterocycles. The van der Waals surface area contributed by atoms with Crippen LogP contribution in [0.3, 0.4) is 0 Å². The largest absolute Gasteiger partial charge is 0.481 e. The minimum absolute atomic E-state index is 0.0219. The molecule has 2 saturated heterocycles. The van der Waals surface area contributed by atoms with Crippen molar-refractivity contribution >= 4 is 30.7 Å². The Kier molecular flexibility index (Phi) is 12.5. The highest BCUT2D eigenvalue weighted by Crippen LogP contribution is 2.65. The van der Waals surface area contributed by atoms with Gasteiger partial charge < -0.3 is 34.9 Å². The second-order valence-corrected chi connectivity index (χ2v) is 17.3. The van der Waals surface area contributed by atoms with E-state index in [1.54, 1.807) is 27.7 Å². The summed E-state index contributed by atoms with van der Waals surface area (Å²) >= 11 is 0.